The van der Waals surface area contributed by atoms with Crippen LogP contribution in [0, 0.1) is 6.92 Å². The van der Waals surface area contributed by atoms with Crippen LogP contribution in [0.1, 0.15) is 23.4 Å². The molecule has 0 aliphatic carbocycles. The molecular formula is C14H16N2OS. The summed E-state index contributed by atoms with van der Waals surface area (Å²) in [5.41, 5.74) is 1.98. The van der Waals surface area contributed by atoms with Crippen molar-refractivity contribution in [1.82, 2.24) is 5.32 Å². The molecule has 2 rings (SSSR count). The Balaban J connectivity index is 1.91. The normalized spacial score (nSPS) is 11.9. The minimum atomic E-state index is -0.181. The maximum Gasteiger partial charge on any atom is 0.319 e. The molecule has 0 fully saturated rings. The van der Waals surface area contributed by atoms with Crippen LogP contribution >= 0.6 is 11.3 Å². The molecule has 0 saturated heterocycles. The first-order valence-electron chi connectivity index (χ1n) is 5.83. The highest BCUT2D eigenvalue weighted by Crippen LogP contribution is 2.18. The summed E-state index contributed by atoms with van der Waals surface area (Å²) in [4.78, 5) is 12.9. The molecule has 1 aromatic heterocycles. The van der Waals surface area contributed by atoms with E-state index in [9.17, 15) is 4.79 Å². The molecule has 2 amide bonds. The molecule has 3 nitrogen and oxygen atoms in total. The topological polar surface area (TPSA) is 41.1 Å². The molecule has 0 aliphatic heterocycles. The van der Waals surface area contributed by atoms with Gasteiger partial charge in [0.2, 0.25) is 0 Å². The molecule has 0 radical (unpaired) electrons. The van der Waals surface area contributed by atoms with E-state index >= 15 is 0 Å². The fourth-order valence-electron chi connectivity index (χ4n) is 1.61. The fourth-order valence-corrected chi connectivity index (χ4v) is 2.34. The first-order chi connectivity index (χ1) is 8.65. The number of thiophene rings is 1. The van der Waals surface area contributed by atoms with Gasteiger partial charge in [-0.05, 0) is 37.4 Å². The number of aryl methyl sites for hydroxylation is 1. The van der Waals surface area contributed by atoms with Crippen molar-refractivity contribution in [3.8, 4) is 0 Å². The maximum atomic E-state index is 11.8. The van der Waals surface area contributed by atoms with Gasteiger partial charge in [0.05, 0.1) is 6.04 Å². The Kier molecular flexibility index (Phi) is 3.99. The summed E-state index contributed by atoms with van der Waals surface area (Å²) in [6, 6.07) is 11.6. The van der Waals surface area contributed by atoms with Gasteiger partial charge in [-0.25, -0.2) is 4.79 Å². The summed E-state index contributed by atoms with van der Waals surface area (Å²) in [6.07, 6.45) is 0. The van der Waals surface area contributed by atoms with Crippen LogP contribution in [0.25, 0.3) is 0 Å². The minimum absolute atomic E-state index is 0.0236. The molecule has 4 heteroatoms. The Morgan fingerprint density at radius 3 is 2.56 bits per heavy atom. The highest BCUT2D eigenvalue weighted by atomic mass is 32.1. The molecule has 1 heterocycles. The van der Waals surface area contributed by atoms with Crippen LogP contribution in [0.2, 0.25) is 0 Å². The molecule has 0 aliphatic rings. The van der Waals surface area contributed by atoms with Crippen LogP contribution in [0.5, 0.6) is 0 Å². The van der Waals surface area contributed by atoms with E-state index in [4.69, 9.17) is 0 Å². The van der Waals surface area contributed by atoms with E-state index in [0.29, 0.717) is 0 Å². The maximum absolute atomic E-state index is 11.8. The molecule has 0 bridgehead atoms. The van der Waals surface area contributed by atoms with E-state index in [-0.39, 0.29) is 12.1 Å². The summed E-state index contributed by atoms with van der Waals surface area (Å²) < 4.78 is 0. The summed E-state index contributed by atoms with van der Waals surface area (Å²) in [7, 11) is 0. The lowest BCUT2D eigenvalue weighted by molar-refractivity contribution is 0.249. The van der Waals surface area contributed by atoms with Crippen LogP contribution in [0.4, 0.5) is 10.5 Å². The molecule has 0 saturated carbocycles. The molecule has 18 heavy (non-hydrogen) atoms. The molecule has 2 N–H and O–H groups in total. The number of nitrogens with one attached hydrogen (secondary N) is 2. The number of carbonyl (C=O) groups is 1. The number of carbonyl (C=O) groups excluding carboxylic acids is 1. The smallest absolute Gasteiger partial charge is 0.319 e. The summed E-state index contributed by atoms with van der Waals surface area (Å²) >= 11 is 1.64. The molecule has 94 valence electrons. The van der Waals surface area contributed by atoms with Crippen LogP contribution in [-0.4, -0.2) is 6.03 Å². The van der Waals surface area contributed by atoms with Crippen molar-refractivity contribution in [2.45, 2.75) is 19.9 Å². The van der Waals surface area contributed by atoms with Gasteiger partial charge in [0, 0.05) is 10.6 Å². The summed E-state index contributed by atoms with van der Waals surface area (Å²) in [5, 5.41) is 7.73. The van der Waals surface area contributed by atoms with Crippen molar-refractivity contribution in [2.75, 3.05) is 5.32 Å². The van der Waals surface area contributed by atoms with Crippen molar-refractivity contribution < 1.29 is 4.79 Å². The minimum Gasteiger partial charge on any atom is -0.331 e. The van der Waals surface area contributed by atoms with E-state index in [1.165, 1.54) is 5.56 Å². The zero-order valence-electron chi connectivity index (χ0n) is 10.4. The number of urea groups is 1. The van der Waals surface area contributed by atoms with Gasteiger partial charge in [0.25, 0.3) is 0 Å². The van der Waals surface area contributed by atoms with Gasteiger partial charge < -0.3 is 10.6 Å². The molecule has 2 aromatic rings. The first-order valence-corrected chi connectivity index (χ1v) is 6.71. The number of amides is 2. The third-order valence-corrected chi connectivity index (χ3v) is 3.68. The Morgan fingerprint density at radius 2 is 1.94 bits per heavy atom. The SMILES string of the molecule is Cc1ccc(NC(=O)N[C@@H](C)c2cccs2)cc1. The lowest BCUT2D eigenvalue weighted by Gasteiger charge is -2.13. The van der Waals surface area contributed by atoms with E-state index in [1.807, 2.05) is 55.6 Å². The van der Waals surface area contributed by atoms with E-state index in [1.54, 1.807) is 11.3 Å². The van der Waals surface area contributed by atoms with Crippen LogP contribution < -0.4 is 10.6 Å². The first kappa shape index (κ1) is 12.6. The van der Waals surface area contributed by atoms with Gasteiger partial charge in [-0.2, -0.15) is 0 Å². The standard InChI is InChI=1S/C14H16N2OS/c1-10-5-7-12(8-6-10)16-14(17)15-11(2)13-4-3-9-18-13/h3-9,11H,1-2H3,(H2,15,16,17)/t11-/m0/s1. The number of hydrogen-bond donors (Lipinski definition) is 2. The van der Waals surface area contributed by atoms with Crippen molar-refractivity contribution in [3.05, 3.63) is 52.2 Å². The van der Waals surface area contributed by atoms with Crippen LogP contribution in [-0.2, 0) is 0 Å². The zero-order chi connectivity index (χ0) is 13.0. The second-order valence-corrected chi connectivity index (χ2v) is 5.18. The van der Waals surface area contributed by atoms with Gasteiger partial charge in [-0.1, -0.05) is 23.8 Å². The predicted octanol–water partition coefficient (Wildman–Crippen LogP) is 3.94. The Labute approximate surface area is 111 Å². The molecular weight excluding hydrogens is 244 g/mol. The lowest BCUT2D eigenvalue weighted by atomic mass is 10.2. The Hall–Kier alpha value is -1.81. The monoisotopic (exact) mass is 260 g/mol. The van der Waals surface area contributed by atoms with Crippen molar-refractivity contribution in [2.24, 2.45) is 0 Å². The van der Waals surface area contributed by atoms with E-state index < -0.39 is 0 Å². The van der Waals surface area contributed by atoms with Gasteiger partial charge in [0.1, 0.15) is 0 Å². The zero-order valence-corrected chi connectivity index (χ0v) is 11.3. The second-order valence-electron chi connectivity index (χ2n) is 4.20. The summed E-state index contributed by atoms with van der Waals surface area (Å²) in [5.74, 6) is 0. The third-order valence-electron chi connectivity index (χ3n) is 2.63. The van der Waals surface area contributed by atoms with Gasteiger partial charge in [0.15, 0.2) is 0 Å². The van der Waals surface area contributed by atoms with E-state index in [2.05, 4.69) is 10.6 Å². The molecule has 1 atom stereocenters. The average Bonchev–Trinajstić information content (AvgIpc) is 2.85. The average molecular weight is 260 g/mol. The van der Waals surface area contributed by atoms with E-state index in [0.717, 1.165) is 10.6 Å². The highest BCUT2D eigenvalue weighted by Gasteiger charge is 2.09. The van der Waals surface area contributed by atoms with Crippen LogP contribution in [0.3, 0.4) is 0 Å². The number of benzene rings is 1. The number of hydrogen-bond acceptors (Lipinski definition) is 2. The predicted molar refractivity (Wildman–Crippen MR) is 76.1 cm³/mol. The quantitative estimate of drug-likeness (QED) is 0.862. The van der Waals surface area contributed by atoms with Crippen LogP contribution in [0.15, 0.2) is 41.8 Å². The van der Waals surface area contributed by atoms with Crippen molar-refractivity contribution >= 4 is 23.1 Å². The lowest BCUT2D eigenvalue weighted by Crippen LogP contribution is -2.30. The van der Waals surface area contributed by atoms with Crippen molar-refractivity contribution in [1.29, 1.82) is 0 Å². The van der Waals surface area contributed by atoms with Gasteiger partial charge >= 0.3 is 6.03 Å². The van der Waals surface area contributed by atoms with Crippen molar-refractivity contribution in [3.63, 3.8) is 0 Å². The molecule has 1 aromatic carbocycles. The molecule has 0 unspecified atom stereocenters. The second kappa shape index (κ2) is 5.69. The molecule has 0 spiro atoms. The Bertz CT molecular complexity index is 505. The third kappa shape index (κ3) is 3.34. The highest BCUT2D eigenvalue weighted by molar-refractivity contribution is 7.10. The fraction of sp³-hybridized carbons (Fsp3) is 0.214. The van der Waals surface area contributed by atoms with Gasteiger partial charge in [-0.3, -0.25) is 0 Å². The largest absolute Gasteiger partial charge is 0.331 e. The number of anilines is 1. The number of rotatable bonds is 3. The summed E-state index contributed by atoms with van der Waals surface area (Å²) in [6.45, 7) is 3.99. The van der Waals surface area contributed by atoms with Gasteiger partial charge in [-0.15, -0.1) is 11.3 Å². The Morgan fingerprint density at radius 1 is 1.22 bits per heavy atom.